The Kier molecular flexibility index (Phi) is 4.91. The molecule has 1 aliphatic heterocycles. The van der Waals surface area contributed by atoms with Crippen molar-refractivity contribution in [1.82, 2.24) is 20.4 Å². The van der Waals surface area contributed by atoms with Crippen LogP contribution in [0, 0.1) is 0 Å². The lowest BCUT2D eigenvalue weighted by Crippen LogP contribution is -2.45. The van der Waals surface area contributed by atoms with Crippen molar-refractivity contribution in [3.63, 3.8) is 0 Å². The second kappa shape index (κ2) is 6.94. The van der Waals surface area contributed by atoms with E-state index >= 15 is 0 Å². The summed E-state index contributed by atoms with van der Waals surface area (Å²) in [4.78, 5) is 2.19. The van der Waals surface area contributed by atoms with Gasteiger partial charge in [0.25, 0.3) is 0 Å². The number of aromatic nitrogens is 2. The van der Waals surface area contributed by atoms with Gasteiger partial charge in [0.15, 0.2) is 5.69 Å². The van der Waals surface area contributed by atoms with E-state index < -0.39 is 11.9 Å². The van der Waals surface area contributed by atoms with Gasteiger partial charge in [0.1, 0.15) is 0 Å². The van der Waals surface area contributed by atoms with E-state index in [1.807, 2.05) is 0 Å². The van der Waals surface area contributed by atoms with Gasteiger partial charge < -0.3 is 5.32 Å². The van der Waals surface area contributed by atoms with Gasteiger partial charge in [0.05, 0.1) is 0 Å². The van der Waals surface area contributed by atoms with Crippen molar-refractivity contribution in [3.05, 3.63) is 52.8 Å². The predicted molar refractivity (Wildman–Crippen MR) is 85.4 cm³/mol. The van der Waals surface area contributed by atoms with Crippen LogP contribution >= 0.6 is 0 Å². The number of nitrogens with zero attached hydrogens (tertiary/aromatic N) is 2. The number of benzene rings is 1. The number of aromatic amines is 1. The largest absolute Gasteiger partial charge is 0.435 e. The summed E-state index contributed by atoms with van der Waals surface area (Å²) in [5.74, 6) is 0. The molecule has 1 aromatic carbocycles. The normalized spacial score (nSPS) is 19.6. The van der Waals surface area contributed by atoms with Crippen molar-refractivity contribution >= 4 is 0 Å². The van der Waals surface area contributed by atoms with Crippen LogP contribution in [0.2, 0.25) is 0 Å². The van der Waals surface area contributed by atoms with E-state index in [4.69, 9.17) is 0 Å². The molecule has 1 atom stereocenters. The summed E-state index contributed by atoms with van der Waals surface area (Å²) in [6, 6.07) is 9.68. The molecule has 0 aliphatic carbocycles. The minimum absolute atomic E-state index is 0.141. The van der Waals surface area contributed by atoms with Crippen LogP contribution in [0.5, 0.6) is 0 Å². The molecule has 0 bridgehead atoms. The van der Waals surface area contributed by atoms with Crippen LogP contribution in [-0.2, 0) is 19.1 Å². The fourth-order valence-electron chi connectivity index (χ4n) is 3.05. The molecule has 1 saturated heterocycles. The Morgan fingerprint density at radius 2 is 2.00 bits per heavy atom. The zero-order valence-corrected chi connectivity index (χ0v) is 13.5. The highest BCUT2D eigenvalue weighted by Crippen LogP contribution is 2.29. The van der Waals surface area contributed by atoms with Gasteiger partial charge in [-0.1, -0.05) is 31.2 Å². The zero-order chi connectivity index (χ0) is 17.2. The molecule has 130 valence electrons. The summed E-state index contributed by atoms with van der Waals surface area (Å²) < 4.78 is 38.1. The van der Waals surface area contributed by atoms with Gasteiger partial charge in [-0.15, -0.1) is 0 Å². The fourth-order valence-corrected chi connectivity index (χ4v) is 3.05. The number of hydrogen-bond donors (Lipinski definition) is 2. The minimum Gasteiger partial charge on any atom is -0.314 e. The van der Waals surface area contributed by atoms with Crippen molar-refractivity contribution in [3.8, 4) is 0 Å². The SMILES string of the molecule is CCc1ccc(C2CNCCN2Cc2cc(C(F)(F)F)n[nH]2)cc1. The third-order valence-electron chi connectivity index (χ3n) is 4.42. The van der Waals surface area contributed by atoms with E-state index in [1.54, 1.807) is 0 Å². The smallest absolute Gasteiger partial charge is 0.314 e. The van der Waals surface area contributed by atoms with E-state index in [0.717, 1.165) is 32.1 Å². The van der Waals surface area contributed by atoms with E-state index in [-0.39, 0.29) is 6.04 Å². The molecule has 0 spiro atoms. The molecule has 2 heterocycles. The molecule has 3 rings (SSSR count). The molecule has 0 saturated carbocycles. The maximum atomic E-state index is 12.7. The molecular weight excluding hydrogens is 317 g/mol. The summed E-state index contributed by atoms with van der Waals surface area (Å²) in [7, 11) is 0. The molecule has 0 radical (unpaired) electrons. The first-order chi connectivity index (χ1) is 11.5. The maximum absolute atomic E-state index is 12.7. The van der Waals surface area contributed by atoms with E-state index in [9.17, 15) is 13.2 Å². The van der Waals surface area contributed by atoms with Crippen molar-refractivity contribution in [2.45, 2.75) is 32.1 Å². The lowest BCUT2D eigenvalue weighted by Gasteiger charge is -2.36. The molecule has 7 heteroatoms. The third-order valence-corrected chi connectivity index (χ3v) is 4.42. The quantitative estimate of drug-likeness (QED) is 0.900. The number of hydrogen-bond acceptors (Lipinski definition) is 3. The number of H-pyrrole nitrogens is 1. The van der Waals surface area contributed by atoms with Crippen LogP contribution < -0.4 is 5.32 Å². The Balaban J connectivity index is 1.75. The molecular formula is C17H21F3N4. The Morgan fingerprint density at radius 3 is 2.62 bits per heavy atom. The van der Waals surface area contributed by atoms with Crippen LogP contribution in [0.1, 0.15) is 35.5 Å². The topological polar surface area (TPSA) is 44.0 Å². The molecule has 1 aliphatic rings. The number of piperazine rings is 1. The number of aryl methyl sites for hydroxylation is 1. The van der Waals surface area contributed by atoms with E-state index in [0.29, 0.717) is 12.2 Å². The lowest BCUT2D eigenvalue weighted by atomic mass is 10.0. The van der Waals surface area contributed by atoms with Crippen LogP contribution in [0.25, 0.3) is 0 Å². The minimum atomic E-state index is -4.41. The molecule has 2 aromatic rings. The summed E-state index contributed by atoms with van der Waals surface area (Å²) in [6.45, 7) is 4.92. The lowest BCUT2D eigenvalue weighted by molar-refractivity contribution is -0.141. The molecule has 2 N–H and O–H groups in total. The Morgan fingerprint density at radius 1 is 1.25 bits per heavy atom. The second-order valence-corrected chi connectivity index (χ2v) is 6.06. The average Bonchev–Trinajstić information content (AvgIpc) is 3.04. The number of rotatable bonds is 4. The summed E-state index contributed by atoms with van der Waals surface area (Å²) in [5.41, 5.74) is 2.07. The Bertz CT molecular complexity index is 663. The van der Waals surface area contributed by atoms with Crippen molar-refractivity contribution in [2.24, 2.45) is 0 Å². The van der Waals surface area contributed by atoms with Crippen molar-refractivity contribution in [1.29, 1.82) is 0 Å². The molecule has 4 nitrogen and oxygen atoms in total. The standard InChI is InChI=1S/C17H21F3N4/c1-2-12-3-5-13(6-4-12)15-10-21-7-8-24(15)11-14-9-16(23-22-14)17(18,19)20/h3-6,9,15,21H,2,7-8,10-11H2,1H3,(H,22,23). The predicted octanol–water partition coefficient (Wildman–Crippen LogP) is 3.14. The van der Waals surface area contributed by atoms with Gasteiger partial charge in [-0.05, 0) is 23.6 Å². The Hall–Kier alpha value is -1.86. The zero-order valence-electron chi connectivity index (χ0n) is 13.5. The summed E-state index contributed by atoms with van der Waals surface area (Å²) in [5, 5.41) is 9.26. The van der Waals surface area contributed by atoms with Gasteiger partial charge >= 0.3 is 6.18 Å². The van der Waals surface area contributed by atoms with Gasteiger partial charge in [0.2, 0.25) is 0 Å². The van der Waals surface area contributed by atoms with Crippen LogP contribution in [0.4, 0.5) is 13.2 Å². The highest BCUT2D eigenvalue weighted by molar-refractivity contribution is 5.26. The third kappa shape index (κ3) is 3.79. The van der Waals surface area contributed by atoms with Gasteiger partial charge in [-0.25, -0.2) is 0 Å². The van der Waals surface area contributed by atoms with Crippen molar-refractivity contribution in [2.75, 3.05) is 19.6 Å². The fraction of sp³-hybridized carbons (Fsp3) is 0.471. The van der Waals surface area contributed by atoms with Crippen LogP contribution in [0.3, 0.4) is 0 Å². The number of alkyl halides is 3. The average molecular weight is 338 g/mol. The van der Waals surface area contributed by atoms with E-state index in [2.05, 4.69) is 51.6 Å². The number of halogens is 3. The van der Waals surface area contributed by atoms with Gasteiger partial charge in [-0.2, -0.15) is 18.3 Å². The van der Waals surface area contributed by atoms with E-state index in [1.165, 1.54) is 11.1 Å². The summed E-state index contributed by atoms with van der Waals surface area (Å²) >= 11 is 0. The van der Waals surface area contributed by atoms with Gasteiger partial charge in [0, 0.05) is 37.9 Å². The molecule has 1 unspecified atom stereocenters. The molecule has 24 heavy (non-hydrogen) atoms. The first kappa shape index (κ1) is 17.0. The van der Waals surface area contributed by atoms with Crippen molar-refractivity contribution < 1.29 is 13.2 Å². The first-order valence-electron chi connectivity index (χ1n) is 8.12. The van der Waals surface area contributed by atoms with Crippen LogP contribution in [-0.4, -0.2) is 34.7 Å². The second-order valence-electron chi connectivity index (χ2n) is 6.06. The molecule has 1 fully saturated rings. The van der Waals surface area contributed by atoms with Gasteiger partial charge in [-0.3, -0.25) is 10.00 Å². The maximum Gasteiger partial charge on any atom is 0.435 e. The summed E-state index contributed by atoms with van der Waals surface area (Å²) in [6.07, 6.45) is -3.42. The molecule has 0 amide bonds. The number of nitrogens with one attached hydrogen (secondary N) is 2. The monoisotopic (exact) mass is 338 g/mol. The molecule has 1 aromatic heterocycles. The highest BCUT2D eigenvalue weighted by Gasteiger charge is 2.34. The van der Waals surface area contributed by atoms with Crippen LogP contribution in [0.15, 0.2) is 30.3 Å². The highest BCUT2D eigenvalue weighted by atomic mass is 19.4. The Labute approximate surface area is 139 Å². The first-order valence-corrected chi connectivity index (χ1v) is 8.12.